The van der Waals surface area contributed by atoms with Gasteiger partial charge < -0.3 is 14.7 Å². The first-order chi connectivity index (χ1) is 13.1. The molecule has 0 spiro atoms. The van der Waals surface area contributed by atoms with Crippen molar-refractivity contribution in [2.75, 3.05) is 20.2 Å². The highest BCUT2D eigenvalue weighted by molar-refractivity contribution is 7.13. The molecule has 1 saturated carbocycles. The van der Waals surface area contributed by atoms with E-state index in [9.17, 15) is 9.90 Å². The number of benzene rings is 1. The summed E-state index contributed by atoms with van der Waals surface area (Å²) in [5, 5.41) is 13.7. The predicted octanol–water partition coefficient (Wildman–Crippen LogP) is 3.51. The Kier molecular flexibility index (Phi) is 5.19. The molecule has 144 valence electrons. The van der Waals surface area contributed by atoms with Gasteiger partial charge in [-0.25, -0.2) is 4.98 Å². The molecule has 2 fully saturated rings. The average Bonchev–Trinajstić information content (AvgIpc) is 3.15. The molecule has 1 N–H and O–H groups in total. The van der Waals surface area contributed by atoms with Gasteiger partial charge in [0.2, 0.25) is 5.91 Å². The number of rotatable bonds is 4. The van der Waals surface area contributed by atoms with Crippen molar-refractivity contribution in [3.05, 3.63) is 35.3 Å². The number of likely N-dealkylation sites (tertiary alicyclic amines) is 1. The van der Waals surface area contributed by atoms with E-state index >= 15 is 0 Å². The minimum Gasteiger partial charge on any atom is -0.497 e. The summed E-state index contributed by atoms with van der Waals surface area (Å²) >= 11 is 1.55. The monoisotopic (exact) mass is 386 g/mol. The molecule has 0 radical (unpaired) electrons. The highest BCUT2D eigenvalue weighted by Gasteiger charge is 2.43. The molecule has 4 rings (SSSR count). The van der Waals surface area contributed by atoms with Crippen LogP contribution in [0, 0.1) is 5.92 Å². The van der Waals surface area contributed by atoms with Gasteiger partial charge in [0.15, 0.2) is 0 Å². The van der Waals surface area contributed by atoms with Crippen molar-refractivity contribution in [2.24, 2.45) is 5.92 Å². The summed E-state index contributed by atoms with van der Waals surface area (Å²) in [7, 11) is 1.65. The largest absolute Gasteiger partial charge is 0.497 e. The van der Waals surface area contributed by atoms with Crippen LogP contribution in [-0.2, 0) is 11.2 Å². The minimum atomic E-state index is -0.546. The highest BCUT2D eigenvalue weighted by atomic mass is 32.1. The molecule has 1 aliphatic carbocycles. The Balaban J connectivity index is 1.41. The number of hydrogen-bond acceptors (Lipinski definition) is 5. The van der Waals surface area contributed by atoms with Crippen LogP contribution >= 0.6 is 11.3 Å². The molecule has 2 heterocycles. The zero-order valence-corrected chi connectivity index (χ0v) is 16.5. The maximum absolute atomic E-state index is 12.8. The summed E-state index contributed by atoms with van der Waals surface area (Å²) in [5.41, 5.74) is 1.27. The fraction of sp³-hybridized carbons (Fsp3) is 0.524. The standard InChI is InChI=1S/C21H26N2O3S/c1-26-18-7-4-5-15(11-18)20-22-17(14-27-20)12-19(24)23-10-9-21(25)8-3-2-6-16(21)13-23/h4-5,7,11,14,16,25H,2-3,6,8-10,12-13H2,1H3/t16-,21-/m1/s1. The number of carbonyl (C=O) groups is 1. The highest BCUT2D eigenvalue weighted by Crippen LogP contribution is 2.39. The summed E-state index contributed by atoms with van der Waals surface area (Å²) in [5.74, 6) is 1.14. The number of hydrogen-bond donors (Lipinski definition) is 1. The van der Waals surface area contributed by atoms with Crippen LogP contribution in [0.15, 0.2) is 29.6 Å². The van der Waals surface area contributed by atoms with Crippen molar-refractivity contribution in [2.45, 2.75) is 44.1 Å². The molecular formula is C21H26N2O3S. The number of carbonyl (C=O) groups excluding carboxylic acids is 1. The summed E-state index contributed by atoms with van der Waals surface area (Å²) in [6, 6.07) is 7.81. The second-order valence-corrected chi connectivity index (χ2v) is 8.55. The molecule has 0 unspecified atom stereocenters. The Hall–Kier alpha value is -1.92. The number of fused-ring (bicyclic) bond motifs is 1. The van der Waals surface area contributed by atoms with E-state index in [0.717, 1.165) is 47.7 Å². The van der Waals surface area contributed by atoms with Gasteiger partial charge in [-0.2, -0.15) is 0 Å². The number of aromatic nitrogens is 1. The number of amides is 1. The lowest BCUT2D eigenvalue weighted by Crippen LogP contribution is -2.54. The van der Waals surface area contributed by atoms with E-state index < -0.39 is 5.60 Å². The van der Waals surface area contributed by atoms with E-state index in [4.69, 9.17) is 4.74 Å². The van der Waals surface area contributed by atoms with Gasteiger partial charge in [0.25, 0.3) is 0 Å². The van der Waals surface area contributed by atoms with Crippen molar-refractivity contribution < 1.29 is 14.6 Å². The number of piperidine rings is 1. The Morgan fingerprint density at radius 1 is 1.41 bits per heavy atom. The first kappa shape index (κ1) is 18.4. The van der Waals surface area contributed by atoms with Crippen LogP contribution in [0.2, 0.25) is 0 Å². The third-order valence-corrected chi connectivity index (χ3v) is 6.92. The van der Waals surface area contributed by atoms with E-state index in [1.165, 1.54) is 0 Å². The van der Waals surface area contributed by atoms with Gasteiger partial charge in [-0.3, -0.25) is 4.79 Å². The van der Waals surface area contributed by atoms with Gasteiger partial charge in [0.05, 0.1) is 24.8 Å². The maximum Gasteiger partial charge on any atom is 0.228 e. The van der Waals surface area contributed by atoms with Crippen LogP contribution in [0.4, 0.5) is 0 Å². The predicted molar refractivity (Wildman–Crippen MR) is 106 cm³/mol. The van der Waals surface area contributed by atoms with Gasteiger partial charge in [0.1, 0.15) is 10.8 Å². The van der Waals surface area contributed by atoms with Crippen LogP contribution in [-0.4, -0.2) is 46.7 Å². The van der Waals surface area contributed by atoms with E-state index in [1.807, 2.05) is 34.5 Å². The minimum absolute atomic E-state index is 0.116. The second kappa shape index (κ2) is 7.60. The maximum atomic E-state index is 12.8. The van der Waals surface area contributed by atoms with Crippen molar-refractivity contribution in [1.29, 1.82) is 0 Å². The SMILES string of the molecule is COc1cccc(-c2nc(CC(=O)N3CC[C@]4(O)CCCC[C@@H]4C3)cs2)c1. The molecule has 1 aromatic heterocycles. The molecule has 27 heavy (non-hydrogen) atoms. The Morgan fingerprint density at radius 2 is 2.30 bits per heavy atom. The zero-order valence-electron chi connectivity index (χ0n) is 15.7. The molecule has 2 aliphatic rings. The molecule has 2 aromatic rings. The van der Waals surface area contributed by atoms with E-state index in [0.29, 0.717) is 25.9 Å². The third-order valence-electron chi connectivity index (χ3n) is 5.98. The molecule has 2 atom stereocenters. The van der Waals surface area contributed by atoms with Crippen LogP contribution in [0.25, 0.3) is 10.6 Å². The normalized spacial score (nSPS) is 25.1. The quantitative estimate of drug-likeness (QED) is 0.873. The van der Waals surface area contributed by atoms with Crippen LogP contribution < -0.4 is 4.74 Å². The van der Waals surface area contributed by atoms with Gasteiger partial charge in [-0.05, 0) is 31.4 Å². The van der Waals surface area contributed by atoms with Gasteiger partial charge >= 0.3 is 0 Å². The summed E-state index contributed by atoms with van der Waals surface area (Å²) in [6.45, 7) is 1.33. The Labute approximate surface area is 164 Å². The van der Waals surface area contributed by atoms with Gasteiger partial charge in [-0.1, -0.05) is 25.0 Å². The average molecular weight is 387 g/mol. The second-order valence-electron chi connectivity index (χ2n) is 7.69. The van der Waals surface area contributed by atoms with Crippen LogP contribution in [0.3, 0.4) is 0 Å². The summed E-state index contributed by atoms with van der Waals surface area (Å²) in [4.78, 5) is 19.4. The van der Waals surface area contributed by atoms with Gasteiger partial charge in [0, 0.05) is 30.0 Å². The lowest BCUT2D eigenvalue weighted by molar-refractivity contribution is -0.142. The molecule has 6 heteroatoms. The van der Waals surface area contributed by atoms with Gasteiger partial charge in [-0.15, -0.1) is 11.3 Å². The van der Waals surface area contributed by atoms with E-state index in [1.54, 1.807) is 18.4 Å². The number of methoxy groups -OCH3 is 1. The van der Waals surface area contributed by atoms with Crippen LogP contribution in [0.5, 0.6) is 5.75 Å². The lowest BCUT2D eigenvalue weighted by Gasteiger charge is -2.47. The van der Waals surface area contributed by atoms with Crippen LogP contribution in [0.1, 0.15) is 37.8 Å². The zero-order chi connectivity index (χ0) is 18.9. The number of nitrogens with zero attached hydrogens (tertiary/aromatic N) is 2. The third kappa shape index (κ3) is 3.87. The van der Waals surface area contributed by atoms with E-state index in [2.05, 4.69) is 4.98 Å². The molecule has 1 aromatic carbocycles. The Bertz CT molecular complexity index is 821. The molecule has 1 saturated heterocycles. The van der Waals surface area contributed by atoms with Crippen molar-refractivity contribution in [3.8, 4) is 16.3 Å². The van der Waals surface area contributed by atoms with E-state index in [-0.39, 0.29) is 11.8 Å². The molecule has 5 nitrogen and oxygen atoms in total. The topological polar surface area (TPSA) is 62.7 Å². The first-order valence-corrected chi connectivity index (χ1v) is 10.5. The Morgan fingerprint density at radius 3 is 3.15 bits per heavy atom. The molecule has 1 amide bonds. The smallest absolute Gasteiger partial charge is 0.228 e. The summed E-state index contributed by atoms with van der Waals surface area (Å²) < 4.78 is 5.27. The fourth-order valence-electron chi connectivity index (χ4n) is 4.34. The lowest BCUT2D eigenvalue weighted by atomic mass is 9.71. The fourth-order valence-corrected chi connectivity index (χ4v) is 5.16. The van der Waals surface area contributed by atoms with Crippen molar-refractivity contribution in [3.63, 3.8) is 0 Å². The molecule has 1 aliphatic heterocycles. The molecular weight excluding hydrogens is 360 g/mol. The summed E-state index contributed by atoms with van der Waals surface area (Å²) in [6.07, 6.45) is 5.20. The first-order valence-electron chi connectivity index (χ1n) is 9.66. The van der Waals surface area contributed by atoms with Crippen molar-refractivity contribution >= 4 is 17.2 Å². The molecule has 0 bridgehead atoms. The number of aliphatic hydroxyl groups is 1. The van der Waals surface area contributed by atoms with Crippen molar-refractivity contribution in [1.82, 2.24) is 9.88 Å². The number of ether oxygens (including phenoxy) is 1. The number of thiazole rings is 1.